The molecule has 0 spiro atoms. The predicted octanol–water partition coefficient (Wildman–Crippen LogP) is 4.01. The van der Waals surface area contributed by atoms with Crippen LogP contribution in [0, 0.1) is 6.92 Å². The van der Waals surface area contributed by atoms with Gasteiger partial charge in [0, 0.05) is 25.3 Å². The fraction of sp³-hybridized carbons (Fsp3) is 0.368. The van der Waals surface area contributed by atoms with Gasteiger partial charge in [-0.3, -0.25) is 0 Å². The second kappa shape index (κ2) is 6.31. The number of hydrogen-bond acceptors (Lipinski definition) is 2. The van der Waals surface area contributed by atoms with Crippen LogP contribution >= 0.6 is 0 Å². The molecule has 0 radical (unpaired) electrons. The molecule has 1 N–H and O–H groups in total. The van der Waals surface area contributed by atoms with Gasteiger partial charge in [-0.1, -0.05) is 43.3 Å². The predicted molar refractivity (Wildman–Crippen MR) is 89.5 cm³/mol. The fourth-order valence-corrected chi connectivity index (χ4v) is 3.10. The van der Waals surface area contributed by atoms with Gasteiger partial charge in [-0.15, -0.1) is 0 Å². The average molecular weight is 280 g/mol. The molecular formula is C19H24N2. The molecule has 1 heterocycles. The van der Waals surface area contributed by atoms with Crippen LogP contribution in [0.1, 0.15) is 35.6 Å². The number of nitrogens with one attached hydrogen (secondary N) is 1. The summed E-state index contributed by atoms with van der Waals surface area (Å²) in [7, 11) is 0. The Morgan fingerprint density at radius 1 is 1.05 bits per heavy atom. The highest BCUT2D eigenvalue weighted by Crippen LogP contribution is 2.30. The number of fused-ring (bicyclic) bond motifs is 1. The molecule has 110 valence electrons. The van der Waals surface area contributed by atoms with E-state index in [4.69, 9.17) is 0 Å². The van der Waals surface area contributed by atoms with E-state index in [2.05, 4.69) is 66.5 Å². The Labute approximate surface area is 127 Å². The van der Waals surface area contributed by atoms with Gasteiger partial charge in [0.25, 0.3) is 0 Å². The molecule has 21 heavy (non-hydrogen) atoms. The molecule has 2 aromatic rings. The van der Waals surface area contributed by atoms with E-state index in [1.54, 1.807) is 0 Å². The summed E-state index contributed by atoms with van der Waals surface area (Å²) in [6, 6.07) is 15.6. The summed E-state index contributed by atoms with van der Waals surface area (Å²) in [5, 5.41) is 3.47. The van der Waals surface area contributed by atoms with Crippen molar-refractivity contribution in [2.24, 2.45) is 0 Å². The van der Waals surface area contributed by atoms with E-state index >= 15 is 0 Å². The van der Waals surface area contributed by atoms with Crippen LogP contribution in [0.4, 0.5) is 5.69 Å². The van der Waals surface area contributed by atoms with Crippen LogP contribution < -0.4 is 10.2 Å². The molecule has 0 fully saturated rings. The molecule has 1 aliphatic heterocycles. The topological polar surface area (TPSA) is 15.3 Å². The lowest BCUT2D eigenvalue weighted by atomic mass is 10.1. The first-order valence-corrected chi connectivity index (χ1v) is 7.90. The molecule has 2 heteroatoms. The first-order valence-electron chi connectivity index (χ1n) is 7.90. The van der Waals surface area contributed by atoms with Gasteiger partial charge in [-0.2, -0.15) is 0 Å². The first kappa shape index (κ1) is 14.2. The van der Waals surface area contributed by atoms with E-state index in [0.717, 1.165) is 26.2 Å². The van der Waals surface area contributed by atoms with E-state index < -0.39 is 0 Å². The summed E-state index contributed by atoms with van der Waals surface area (Å²) in [6.45, 7) is 8.54. The van der Waals surface area contributed by atoms with E-state index in [1.807, 2.05) is 0 Å². The van der Waals surface area contributed by atoms with Gasteiger partial charge in [0.1, 0.15) is 0 Å². The maximum Gasteiger partial charge on any atom is 0.0436 e. The summed E-state index contributed by atoms with van der Waals surface area (Å²) in [5.74, 6) is 0. The van der Waals surface area contributed by atoms with Crippen molar-refractivity contribution >= 4 is 5.69 Å². The molecule has 2 nitrogen and oxygen atoms in total. The minimum absolute atomic E-state index is 0.967. The molecule has 0 amide bonds. The third kappa shape index (κ3) is 3.11. The van der Waals surface area contributed by atoms with Crippen molar-refractivity contribution in [3.63, 3.8) is 0 Å². The third-order valence-electron chi connectivity index (χ3n) is 4.20. The smallest absolute Gasteiger partial charge is 0.0436 e. The van der Waals surface area contributed by atoms with Crippen molar-refractivity contribution in [3.05, 3.63) is 64.7 Å². The lowest BCUT2D eigenvalue weighted by molar-refractivity contribution is 0.675. The number of aryl methyl sites for hydroxylation is 1. The van der Waals surface area contributed by atoms with E-state index in [0.29, 0.717) is 0 Å². The zero-order valence-corrected chi connectivity index (χ0v) is 13.0. The lowest BCUT2D eigenvalue weighted by Gasteiger charge is -2.21. The number of anilines is 1. The second-order valence-corrected chi connectivity index (χ2v) is 5.92. The molecule has 0 bridgehead atoms. The zero-order valence-electron chi connectivity index (χ0n) is 13.0. The minimum atomic E-state index is 0.967. The van der Waals surface area contributed by atoms with Crippen molar-refractivity contribution in [3.8, 4) is 0 Å². The van der Waals surface area contributed by atoms with Crippen LogP contribution in [0.15, 0.2) is 42.5 Å². The highest BCUT2D eigenvalue weighted by atomic mass is 15.1. The van der Waals surface area contributed by atoms with Crippen molar-refractivity contribution in [2.75, 3.05) is 11.4 Å². The van der Waals surface area contributed by atoms with Crippen LogP contribution in [0.3, 0.4) is 0 Å². The Hall–Kier alpha value is -1.80. The Morgan fingerprint density at radius 2 is 1.76 bits per heavy atom. The van der Waals surface area contributed by atoms with Crippen molar-refractivity contribution < 1.29 is 0 Å². The molecule has 0 saturated carbocycles. The largest absolute Gasteiger partial charge is 0.363 e. The van der Waals surface area contributed by atoms with Gasteiger partial charge in [0.05, 0.1) is 0 Å². The summed E-state index contributed by atoms with van der Waals surface area (Å²) < 4.78 is 0. The maximum atomic E-state index is 3.47. The van der Waals surface area contributed by atoms with Crippen LogP contribution in [0.25, 0.3) is 0 Å². The SMILES string of the molecule is CCCNCc1ccc(N2Cc3ccccc3C2)c(C)c1. The fourth-order valence-electron chi connectivity index (χ4n) is 3.10. The first-order chi connectivity index (χ1) is 10.3. The van der Waals surface area contributed by atoms with Gasteiger partial charge in [-0.25, -0.2) is 0 Å². The van der Waals surface area contributed by atoms with Gasteiger partial charge in [0.2, 0.25) is 0 Å². The van der Waals surface area contributed by atoms with Crippen molar-refractivity contribution in [2.45, 2.75) is 39.9 Å². The average Bonchev–Trinajstić information content (AvgIpc) is 2.91. The van der Waals surface area contributed by atoms with Crippen LogP contribution in [0.2, 0.25) is 0 Å². The summed E-state index contributed by atoms with van der Waals surface area (Å²) >= 11 is 0. The molecule has 0 aromatic heterocycles. The summed E-state index contributed by atoms with van der Waals surface area (Å²) in [5.41, 5.74) is 7.04. The number of hydrogen-bond donors (Lipinski definition) is 1. The number of benzene rings is 2. The molecule has 2 aromatic carbocycles. The summed E-state index contributed by atoms with van der Waals surface area (Å²) in [6.07, 6.45) is 1.18. The molecule has 0 unspecified atom stereocenters. The Morgan fingerprint density at radius 3 is 2.38 bits per heavy atom. The molecule has 1 aliphatic rings. The molecule has 0 saturated heterocycles. The van der Waals surface area contributed by atoms with Gasteiger partial charge < -0.3 is 10.2 Å². The maximum absolute atomic E-state index is 3.47. The Balaban J connectivity index is 1.72. The van der Waals surface area contributed by atoms with Gasteiger partial charge in [0.15, 0.2) is 0 Å². The van der Waals surface area contributed by atoms with Crippen LogP contribution in [-0.2, 0) is 19.6 Å². The van der Waals surface area contributed by atoms with E-state index in [1.165, 1.54) is 34.4 Å². The van der Waals surface area contributed by atoms with Crippen molar-refractivity contribution in [1.82, 2.24) is 5.32 Å². The normalized spacial score (nSPS) is 13.5. The Kier molecular flexibility index (Phi) is 4.26. The molecule has 3 rings (SSSR count). The third-order valence-corrected chi connectivity index (χ3v) is 4.20. The van der Waals surface area contributed by atoms with Crippen LogP contribution in [0.5, 0.6) is 0 Å². The second-order valence-electron chi connectivity index (χ2n) is 5.92. The standard InChI is InChI=1S/C19H24N2/c1-3-10-20-12-16-8-9-19(15(2)11-16)21-13-17-6-4-5-7-18(17)14-21/h4-9,11,20H,3,10,12-14H2,1-2H3. The quantitative estimate of drug-likeness (QED) is 0.832. The number of rotatable bonds is 5. The highest BCUT2D eigenvalue weighted by Gasteiger charge is 2.19. The van der Waals surface area contributed by atoms with E-state index in [-0.39, 0.29) is 0 Å². The zero-order chi connectivity index (χ0) is 14.7. The highest BCUT2D eigenvalue weighted by molar-refractivity contribution is 5.57. The minimum Gasteiger partial charge on any atom is -0.363 e. The summed E-state index contributed by atoms with van der Waals surface area (Å²) in [4.78, 5) is 2.48. The monoisotopic (exact) mass is 280 g/mol. The van der Waals surface area contributed by atoms with E-state index in [9.17, 15) is 0 Å². The van der Waals surface area contributed by atoms with Crippen LogP contribution in [-0.4, -0.2) is 6.54 Å². The molecule has 0 atom stereocenters. The van der Waals surface area contributed by atoms with Gasteiger partial charge in [-0.05, 0) is 48.2 Å². The lowest BCUT2D eigenvalue weighted by Crippen LogP contribution is -2.17. The van der Waals surface area contributed by atoms with Crippen molar-refractivity contribution in [1.29, 1.82) is 0 Å². The van der Waals surface area contributed by atoms with Gasteiger partial charge >= 0.3 is 0 Å². The number of nitrogens with zero attached hydrogens (tertiary/aromatic N) is 1. The Bertz CT molecular complexity index is 594. The molecule has 0 aliphatic carbocycles. The molecular weight excluding hydrogens is 256 g/mol.